The Labute approximate surface area is 112 Å². The highest BCUT2D eigenvalue weighted by Crippen LogP contribution is 2.20. The Hall–Kier alpha value is -2.67. The maximum absolute atomic E-state index is 8.91. The molecule has 2 aromatic rings. The molecule has 0 fully saturated rings. The lowest BCUT2D eigenvalue weighted by Crippen LogP contribution is -2.10. The summed E-state index contributed by atoms with van der Waals surface area (Å²) in [5.74, 6) is 1.20. The zero-order valence-corrected chi connectivity index (χ0v) is 10.4. The molecule has 0 saturated carbocycles. The average molecular weight is 254 g/mol. The Balaban J connectivity index is 1.85. The van der Waals surface area contributed by atoms with Crippen molar-refractivity contribution in [2.75, 3.05) is 18.9 Å². The molecule has 4 nitrogen and oxygen atoms in total. The smallest absolute Gasteiger partial charge is 0.142 e. The van der Waals surface area contributed by atoms with Crippen LogP contribution in [0.25, 0.3) is 0 Å². The molecule has 2 aromatic carbocycles. The molecule has 19 heavy (non-hydrogen) atoms. The molecule has 0 aromatic heterocycles. The number of nitrogens with zero attached hydrogens (tertiary/aromatic N) is 1. The van der Waals surface area contributed by atoms with Crippen LogP contribution in [-0.2, 0) is 0 Å². The molecule has 0 bridgehead atoms. The Morgan fingerprint density at radius 2 is 1.47 bits per heavy atom. The van der Waals surface area contributed by atoms with Gasteiger partial charge in [0, 0.05) is 0 Å². The summed E-state index contributed by atoms with van der Waals surface area (Å²) in [5.41, 5.74) is 6.86. The van der Waals surface area contributed by atoms with Crippen molar-refractivity contribution in [1.82, 2.24) is 0 Å². The minimum atomic E-state index is 0.354. The monoisotopic (exact) mass is 254 g/mol. The molecule has 0 saturated heterocycles. The third-order valence-electron chi connectivity index (χ3n) is 2.52. The van der Waals surface area contributed by atoms with Crippen molar-refractivity contribution < 1.29 is 9.47 Å². The lowest BCUT2D eigenvalue weighted by Gasteiger charge is -2.10. The largest absolute Gasteiger partial charge is 0.489 e. The number of benzene rings is 2. The van der Waals surface area contributed by atoms with Crippen LogP contribution >= 0.6 is 0 Å². The van der Waals surface area contributed by atoms with Crippen molar-refractivity contribution >= 4 is 5.69 Å². The molecule has 0 aliphatic rings. The van der Waals surface area contributed by atoms with Gasteiger partial charge in [-0.1, -0.05) is 24.3 Å². The van der Waals surface area contributed by atoms with E-state index in [-0.39, 0.29) is 0 Å². The number of nitriles is 1. The number of hydrogen-bond acceptors (Lipinski definition) is 4. The van der Waals surface area contributed by atoms with Crippen molar-refractivity contribution in [1.29, 1.82) is 5.26 Å². The summed E-state index contributed by atoms with van der Waals surface area (Å²) in [6.07, 6.45) is 0. The Morgan fingerprint density at radius 3 is 2.16 bits per heavy atom. The SMILES string of the molecule is N#Cc1ccccc1OCCOc1ccccc1N. The minimum Gasteiger partial charge on any atom is -0.489 e. The van der Waals surface area contributed by atoms with Crippen LogP contribution in [0.5, 0.6) is 11.5 Å². The van der Waals surface area contributed by atoms with Gasteiger partial charge in [0.25, 0.3) is 0 Å². The van der Waals surface area contributed by atoms with Gasteiger partial charge in [-0.25, -0.2) is 0 Å². The van der Waals surface area contributed by atoms with E-state index in [0.717, 1.165) is 0 Å². The van der Waals surface area contributed by atoms with Crippen molar-refractivity contribution in [3.05, 3.63) is 54.1 Å². The minimum absolute atomic E-state index is 0.354. The number of anilines is 1. The first-order valence-corrected chi connectivity index (χ1v) is 5.90. The third kappa shape index (κ3) is 3.39. The predicted octanol–water partition coefficient (Wildman–Crippen LogP) is 2.60. The highest BCUT2D eigenvalue weighted by atomic mass is 16.5. The second-order valence-corrected chi connectivity index (χ2v) is 3.84. The normalized spacial score (nSPS) is 9.63. The first kappa shape index (κ1) is 12.8. The summed E-state index contributed by atoms with van der Waals surface area (Å²) in [7, 11) is 0. The quantitative estimate of drug-likeness (QED) is 0.657. The first-order chi connectivity index (χ1) is 9.31. The molecule has 2 rings (SSSR count). The van der Waals surface area contributed by atoms with Gasteiger partial charge in [0.2, 0.25) is 0 Å². The second-order valence-electron chi connectivity index (χ2n) is 3.84. The van der Waals surface area contributed by atoms with Crippen LogP contribution in [0.3, 0.4) is 0 Å². The van der Waals surface area contributed by atoms with E-state index in [1.54, 1.807) is 30.3 Å². The second kappa shape index (κ2) is 6.31. The molecule has 0 spiro atoms. The molecule has 0 amide bonds. The standard InChI is InChI=1S/C15H14N2O2/c16-11-12-5-1-3-7-14(12)18-9-10-19-15-8-4-2-6-13(15)17/h1-8H,9-10,17H2. The summed E-state index contributed by atoms with van der Waals surface area (Å²) < 4.78 is 11.0. The van der Waals surface area contributed by atoms with E-state index in [9.17, 15) is 0 Å². The number of nitrogen functional groups attached to an aromatic ring is 1. The lowest BCUT2D eigenvalue weighted by molar-refractivity contribution is 0.217. The molecule has 0 aliphatic carbocycles. The fourth-order valence-electron chi connectivity index (χ4n) is 1.60. The molecule has 0 atom stereocenters. The topological polar surface area (TPSA) is 68.3 Å². The van der Waals surface area contributed by atoms with E-state index in [0.29, 0.717) is 36.0 Å². The number of nitrogens with two attached hydrogens (primary N) is 1. The molecular formula is C15H14N2O2. The van der Waals surface area contributed by atoms with Gasteiger partial charge in [-0.15, -0.1) is 0 Å². The third-order valence-corrected chi connectivity index (χ3v) is 2.52. The first-order valence-electron chi connectivity index (χ1n) is 5.90. The van der Waals surface area contributed by atoms with Gasteiger partial charge in [-0.3, -0.25) is 0 Å². The number of ether oxygens (including phenoxy) is 2. The van der Waals surface area contributed by atoms with Crippen LogP contribution in [0.2, 0.25) is 0 Å². The number of para-hydroxylation sites is 3. The van der Waals surface area contributed by atoms with Gasteiger partial charge in [-0.05, 0) is 24.3 Å². The Bertz CT molecular complexity index is 591. The highest BCUT2D eigenvalue weighted by molar-refractivity contribution is 5.51. The van der Waals surface area contributed by atoms with E-state index >= 15 is 0 Å². The zero-order chi connectivity index (χ0) is 13.5. The van der Waals surface area contributed by atoms with E-state index in [4.69, 9.17) is 20.5 Å². The molecule has 96 valence electrons. The zero-order valence-electron chi connectivity index (χ0n) is 10.4. The molecular weight excluding hydrogens is 240 g/mol. The van der Waals surface area contributed by atoms with Gasteiger partial charge >= 0.3 is 0 Å². The number of rotatable bonds is 5. The van der Waals surface area contributed by atoms with E-state index in [1.807, 2.05) is 18.2 Å². The molecule has 4 heteroatoms. The molecule has 0 aliphatic heterocycles. The van der Waals surface area contributed by atoms with Gasteiger partial charge in [0.05, 0.1) is 11.3 Å². The Kier molecular flexibility index (Phi) is 4.25. The number of hydrogen-bond donors (Lipinski definition) is 1. The van der Waals surface area contributed by atoms with Crippen LogP contribution < -0.4 is 15.2 Å². The van der Waals surface area contributed by atoms with Gasteiger partial charge in [0.15, 0.2) is 0 Å². The summed E-state index contributed by atoms with van der Waals surface area (Å²) in [5, 5.41) is 8.91. The van der Waals surface area contributed by atoms with E-state index in [2.05, 4.69) is 6.07 Å². The molecule has 0 unspecified atom stereocenters. The predicted molar refractivity (Wildman–Crippen MR) is 73.0 cm³/mol. The average Bonchev–Trinajstić information content (AvgIpc) is 2.45. The fourth-order valence-corrected chi connectivity index (χ4v) is 1.60. The van der Waals surface area contributed by atoms with Crippen LogP contribution in [0.4, 0.5) is 5.69 Å². The van der Waals surface area contributed by atoms with Gasteiger partial charge in [-0.2, -0.15) is 5.26 Å². The lowest BCUT2D eigenvalue weighted by atomic mass is 10.2. The highest BCUT2D eigenvalue weighted by Gasteiger charge is 2.02. The summed E-state index contributed by atoms with van der Waals surface area (Å²) in [6, 6.07) is 16.5. The summed E-state index contributed by atoms with van der Waals surface area (Å²) in [4.78, 5) is 0. The van der Waals surface area contributed by atoms with Crippen molar-refractivity contribution in [2.24, 2.45) is 0 Å². The maximum atomic E-state index is 8.91. The van der Waals surface area contributed by atoms with Crippen LogP contribution in [0.15, 0.2) is 48.5 Å². The van der Waals surface area contributed by atoms with Gasteiger partial charge in [0.1, 0.15) is 30.8 Å². The molecule has 0 heterocycles. The summed E-state index contributed by atoms with van der Waals surface area (Å²) >= 11 is 0. The van der Waals surface area contributed by atoms with E-state index < -0.39 is 0 Å². The fraction of sp³-hybridized carbons (Fsp3) is 0.133. The maximum Gasteiger partial charge on any atom is 0.142 e. The molecule has 0 radical (unpaired) electrons. The van der Waals surface area contributed by atoms with Crippen LogP contribution in [-0.4, -0.2) is 13.2 Å². The van der Waals surface area contributed by atoms with E-state index in [1.165, 1.54) is 0 Å². The molecule has 2 N–H and O–H groups in total. The van der Waals surface area contributed by atoms with Crippen LogP contribution in [0.1, 0.15) is 5.56 Å². The van der Waals surface area contributed by atoms with Crippen molar-refractivity contribution in [2.45, 2.75) is 0 Å². The summed E-state index contributed by atoms with van der Waals surface area (Å²) in [6.45, 7) is 0.723. The van der Waals surface area contributed by atoms with Crippen LogP contribution in [0, 0.1) is 11.3 Å². The van der Waals surface area contributed by atoms with Crippen molar-refractivity contribution in [3.8, 4) is 17.6 Å². The van der Waals surface area contributed by atoms with Crippen molar-refractivity contribution in [3.63, 3.8) is 0 Å². The Morgan fingerprint density at radius 1 is 0.895 bits per heavy atom. The van der Waals surface area contributed by atoms with Gasteiger partial charge < -0.3 is 15.2 Å².